The molecular formula is C14H20ClN5O. The van der Waals surface area contributed by atoms with Crippen molar-refractivity contribution in [2.24, 2.45) is 5.92 Å². The van der Waals surface area contributed by atoms with E-state index in [0.29, 0.717) is 17.4 Å². The van der Waals surface area contributed by atoms with E-state index in [9.17, 15) is 4.79 Å². The van der Waals surface area contributed by atoms with E-state index in [0.717, 1.165) is 24.6 Å². The van der Waals surface area contributed by atoms with Crippen LogP contribution in [-0.2, 0) is 0 Å². The summed E-state index contributed by atoms with van der Waals surface area (Å²) in [6, 6.07) is 1.79. The molecule has 114 valence electrons. The normalized spacial score (nSPS) is 26.1. The van der Waals surface area contributed by atoms with Crippen molar-refractivity contribution < 1.29 is 0 Å². The summed E-state index contributed by atoms with van der Waals surface area (Å²) in [4.78, 5) is 16.1. The molecule has 2 heterocycles. The number of hydrogen-bond donors (Lipinski definition) is 2. The van der Waals surface area contributed by atoms with Gasteiger partial charge in [-0.1, -0.05) is 6.92 Å². The summed E-state index contributed by atoms with van der Waals surface area (Å²) < 4.78 is 1.46. The summed E-state index contributed by atoms with van der Waals surface area (Å²) >= 11 is 6.23. The summed E-state index contributed by atoms with van der Waals surface area (Å²) in [5.74, 6) is 2.65. The third-order valence-corrected chi connectivity index (χ3v) is 4.96. The van der Waals surface area contributed by atoms with Gasteiger partial charge in [-0.3, -0.25) is 0 Å². The molecule has 1 saturated carbocycles. The summed E-state index contributed by atoms with van der Waals surface area (Å²) in [5.41, 5.74) is 0.201. The molecule has 0 saturated heterocycles. The van der Waals surface area contributed by atoms with Gasteiger partial charge in [0.05, 0.1) is 5.54 Å². The second-order valence-electron chi connectivity index (χ2n) is 6.13. The first-order chi connectivity index (χ1) is 10.0. The molecule has 6 nitrogen and oxygen atoms in total. The zero-order chi connectivity index (χ0) is 15.0. The van der Waals surface area contributed by atoms with Crippen LogP contribution in [0.2, 0.25) is 0 Å². The van der Waals surface area contributed by atoms with Gasteiger partial charge in [0.25, 0.3) is 0 Å². The highest BCUT2D eigenvalue weighted by Crippen LogP contribution is 2.35. The lowest BCUT2D eigenvalue weighted by Gasteiger charge is -2.39. The molecule has 0 aromatic carbocycles. The Morgan fingerprint density at radius 3 is 2.90 bits per heavy atom. The predicted octanol–water partition coefficient (Wildman–Crippen LogP) is 2.33. The lowest BCUT2D eigenvalue weighted by molar-refractivity contribution is 0.286. The number of fused-ring (bicyclic) bond motifs is 1. The highest BCUT2D eigenvalue weighted by atomic mass is 35.5. The second-order valence-corrected chi connectivity index (χ2v) is 6.40. The number of nitrogens with one attached hydrogen (secondary N) is 2. The SMILES string of the molecule is Cc1nc(NC2(CCl)CCC(C)CC2)cc2n[nH]c(=O)n12. The molecule has 0 bridgehead atoms. The van der Waals surface area contributed by atoms with Crippen molar-refractivity contribution in [1.82, 2.24) is 19.6 Å². The van der Waals surface area contributed by atoms with E-state index in [1.165, 1.54) is 17.2 Å². The predicted molar refractivity (Wildman–Crippen MR) is 83.1 cm³/mol. The Balaban J connectivity index is 1.92. The van der Waals surface area contributed by atoms with Crippen molar-refractivity contribution >= 4 is 23.1 Å². The molecule has 0 unspecified atom stereocenters. The van der Waals surface area contributed by atoms with E-state index in [4.69, 9.17) is 11.6 Å². The highest BCUT2D eigenvalue weighted by Gasteiger charge is 2.33. The fourth-order valence-electron chi connectivity index (χ4n) is 3.04. The van der Waals surface area contributed by atoms with Crippen LogP contribution in [0, 0.1) is 12.8 Å². The van der Waals surface area contributed by atoms with E-state index in [1.54, 1.807) is 13.0 Å². The Hall–Kier alpha value is -1.56. The Morgan fingerprint density at radius 1 is 1.52 bits per heavy atom. The quantitative estimate of drug-likeness (QED) is 0.853. The van der Waals surface area contributed by atoms with Gasteiger partial charge in [-0.05, 0) is 38.5 Å². The standard InChI is InChI=1S/C14H20ClN5O/c1-9-3-5-14(8-15,6-4-9)17-11-7-12-18-19-13(21)20(12)10(2)16-11/h7,9,17H,3-6,8H2,1-2H3,(H,19,21). The number of aromatic amines is 1. The second kappa shape index (κ2) is 5.33. The van der Waals surface area contributed by atoms with Crippen LogP contribution in [0.25, 0.3) is 5.65 Å². The van der Waals surface area contributed by atoms with Crippen molar-refractivity contribution in [2.75, 3.05) is 11.2 Å². The number of aromatic nitrogens is 4. The highest BCUT2D eigenvalue weighted by molar-refractivity contribution is 6.18. The lowest BCUT2D eigenvalue weighted by atomic mass is 9.78. The molecule has 2 aromatic heterocycles. The number of H-pyrrole nitrogens is 1. The van der Waals surface area contributed by atoms with Crippen LogP contribution < -0.4 is 11.0 Å². The molecule has 1 fully saturated rings. The van der Waals surface area contributed by atoms with Crippen molar-refractivity contribution in [3.8, 4) is 0 Å². The van der Waals surface area contributed by atoms with Gasteiger partial charge < -0.3 is 5.32 Å². The van der Waals surface area contributed by atoms with Crippen LogP contribution >= 0.6 is 11.6 Å². The van der Waals surface area contributed by atoms with Gasteiger partial charge in [-0.2, -0.15) is 5.10 Å². The minimum atomic E-state index is -0.264. The van der Waals surface area contributed by atoms with Gasteiger partial charge in [0.1, 0.15) is 11.6 Å². The summed E-state index contributed by atoms with van der Waals surface area (Å²) in [6.45, 7) is 4.08. The average molecular weight is 310 g/mol. The molecule has 0 aliphatic heterocycles. The maximum absolute atomic E-state index is 11.6. The molecular weight excluding hydrogens is 290 g/mol. The lowest BCUT2D eigenvalue weighted by Crippen LogP contribution is -2.43. The van der Waals surface area contributed by atoms with Crippen molar-refractivity contribution in [3.05, 3.63) is 22.4 Å². The molecule has 3 rings (SSSR count). The smallest absolute Gasteiger partial charge is 0.349 e. The van der Waals surface area contributed by atoms with Crippen LogP contribution in [0.4, 0.5) is 5.82 Å². The minimum Gasteiger partial charge on any atom is -0.363 e. The molecule has 7 heteroatoms. The Kier molecular flexibility index (Phi) is 3.65. The minimum absolute atomic E-state index is 0.109. The molecule has 1 aliphatic carbocycles. The Bertz CT molecular complexity index is 699. The molecule has 0 amide bonds. The van der Waals surface area contributed by atoms with E-state index in [1.807, 2.05) is 0 Å². The first-order valence-electron chi connectivity index (χ1n) is 7.32. The van der Waals surface area contributed by atoms with E-state index >= 15 is 0 Å². The number of anilines is 1. The Morgan fingerprint density at radius 2 is 2.24 bits per heavy atom. The molecule has 0 atom stereocenters. The summed E-state index contributed by atoms with van der Waals surface area (Å²) in [6.07, 6.45) is 4.42. The van der Waals surface area contributed by atoms with Crippen LogP contribution in [-0.4, -0.2) is 31.0 Å². The number of hydrogen-bond acceptors (Lipinski definition) is 4. The van der Waals surface area contributed by atoms with Gasteiger partial charge in [0.2, 0.25) is 0 Å². The van der Waals surface area contributed by atoms with Crippen molar-refractivity contribution in [3.63, 3.8) is 0 Å². The summed E-state index contributed by atoms with van der Waals surface area (Å²) in [5, 5.41) is 9.94. The van der Waals surface area contributed by atoms with E-state index in [-0.39, 0.29) is 11.2 Å². The maximum Gasteiger partial charge on any atom is 0.349 e. The molecule has 1 aliphatic rings. The monoisotopic (exact) mass is 309 g/mol. The average Bonchev–Trinajstić information content (AvgIpc) is 2.83. The number of alkyl halides is 1. The molecule has 0 spiro atoms. The van der Waals surface area contributed by atoms with Gasteiger partial charge >= 0.3 is 5.69 Å². The number of halogens is 1. The number of aryl methyl sites for hydroxylation is 1. The van der Waals surface area contributed by atoms with Gasteiger partial charge in [-0.15, -0.1) is 11.6 Å². The van der Waals surface area contributed by atoms with E-state index in [2.05, 4.69) is 27.4 Å². The van der Waals surface area contributed by atoms with Crippen LogP contribution in [0.15, 0.2) is 10.9 Å². The Labute approximate surface area is 127 Å². The van der Waals surface area contributed by atoms with Crippen molar-refractivity contribution in [1.29, 1.82) is 0 Å². The molecule has 21 heavy (non-hydrogen) atoms. The molecule has 2 aromatic rings. The van der Waals surface area contributed by atoms with Crippen LogP contribution in [0.3, 0.4) is 0 Å². The topological polar surface area (TPSA) is 75.1 Å². The fraction of sp³-hybridized carbons (Fsp3) is 0.643. The first-order valence-corrected chi connectivity index (χ1v) is 7.85. The van der Waals surface area contributed by atoms with E-state index < -0.39 is 0 Å². The zero-order valence-corrected chi connectivity index (χ0v) is 13.1. The maximum atomic E-state index is 11.6. The largest absolute Gasteiger partial charge is 0.363 e. The van der Waals surface area contributed by atoms with Gasteiger partial charge in [0.15, 0.2) is 5.65 Å². The third kappa shape index (κ3) is 2.64. The summed E-state index contributed by atoms with van der Waals surface area (Å²) in [7, 11) is 0. The van der Waals surface area contributed by atoms with Crippen molar-refractivity contribution in [2.45, 2.75) is 45.1 Å². The zero-order valence-electron chi connectivity index (χ0n) is 12.3. The van der Waals surface area contributed by atoms with Gasteiger partial charge in [0, 0.05) is 11.9 Å². The number of rotatable bonds is 3. The number of nitrogens with zero attached hydrogens (tertiary/aromatic N) is 3. The molecule has 0 radical (unpaired) electrons. The fourth-order valence-corrected chi connectivity index (χ4v) is 3.37. The first kappa shape index (κ1) is 14.4. The third-order valence-electron chi connectivity index (χ3n) is 4.45. The van der Waals surface area contributed by atoms with Crippen LogP contribution in [0.5, 0.6) is 0 Å². The molecule has 2 N–H and O–H groups in total. The van der Waals surface area contributed by atoms with Crippen LogP contribution in [0.1, 0.15) is 38.4 Å². The van der Waals surface area contributed by atoms with Gasteiger partial charge in [-0.25, -0.2) is 19.3 Å².